The van der Waals surface area contributed by atoms with E-state index in [9.17, 15) is 9.59 Å². The first-order valence-electron chi connectivity index (χ1n) is 12.8. The van der Waals surface area contributed by atoms with Gasteiger partial charge in [-0.1, -0.05) is 45.9 Å². The van der Waals surface area contributed by atoms with Crippen molar-refractivity contribution in [2.24, 2.45) is 0 Å². The summed E-state index contributed by atoms with van der Waals surface area (Å²) in [5.41, 5.74) is 2.77. The van der Waals surface area contributed by atoms with E-state index in [1.54, 1.807) is 4.40 Å². The highest BCUT2D eigenvalue weighted by Crippen LogP contribution is 2.34. The summed E-state index contributed by atoms with van der Waals surface area (Å²) in [6, 6.07) is 11.8. The molecule has 8 nitrogen and oxygen atoms in total. The lowest BCUT2D eigenvalue weighted by Crippen LogP contribution is -2.41. The quantitative estimate of drug-likeness (QED) is 0.230. The topological polar surface area (TPSA) is 67.8 Å². The minimum atomic E-state index is -0.281. The summed E-state index contributed by atoms with van der Waals surface area (Å²) in [6.07, 6.45) is 0. The van der Waals surface area contributed by atoms with Crippen LogP contribution in [0, 0.1) is 0 Å². The van der Waals surface area contributed by atoms with Crippen molar-refractivity contribution in [3.05, 3.63) is 57.2 Å². The third-order valence-corrected chi connectivity index (χ3v) is 7.47. The second-order valence-corrected chi connectivity index (χ2v) is 9.07. The molecule has 0 radical (unpaired) electrons. The van der Waals surface area contributed by atoms with E-state index in [1.165, 1.54) is 4.57 Å². The number of aromatic nitrogens is 4. The Morgan fingerprint density at radius 2 is 1.43 bits per heavy atom. The average molecular weight is 475 g/mol. The van der Waals surface area contributed by atoms with Crippen LogP contribution in [0.4, 0.5) is 0 Å². The highest BCUT2D eigenvalue weighted by Gasteiger charge is 2.22. The molecule has 0 aliphatic carbocycles. The summed E-state index contributed by atoms with van der Waals surface area (Å²) in [5, 5.41) is 7.39. The normalized spacial score (nSPS) is 12.5. The van der Waals surface area contributed by atoms with E-state index < -0.39 is 0 Å². The van der Waals surface area contributed by atoms with Gasteiger partial charge in [0, 0.05) is 25.0 Å². The predicted molar refractivity (Wildman–Crippen MR) is 143 cm³/mol. The van der Waals surface area contributed by atoms with Crippen LogP contribution >= 0.6 is 0 Å². The summed E-state index contributed by atoms with van der Waals surface area (Å²) < 4.78 is 5.17. The Kier molecular flexibility index (Phi) is 6.34. The molecule has 3 heterocycles. The molecule has 5 rings (SSSR count). The Hall–Kier alpha value is -3.23. The molecule has 0 saturated carbocycles. The molecular weight excluding hydrogens is 440 g/mol. The summed E-state index contributed by atoms with van der Waals surface area (Å²) in [7, 11) is 0. The van der Waals surface area contributed by atoms with Crippen LogP contribution in [0.2, 0.25) is 0 Å². The molecule has 0 N–H and O–H groups in total. The maximum absolute atomic E-state index is 13.8. The molecule has 0 saturated heterocycles. The Bertz CT molecular complexity index is 1600. The van der Waals surface area contributed by atoms with Crippen molar-refractivity contribution < 1.29 is 0 Å². The van der Waals surface area contributed by atoms with Gasteiger partial charge < -0.3 is 9.80 Å². The monoisotopic (exact) mass is 474 g/mol. The van der Waals surface area contributed by atoms with Gasteiger partial charge in [-0.25, -0.2) is 4.79 Å². The van der Waals surface area contributed by atoms with Gasteiger partial charge in [0.25, 0.3) is 5.56 Å². The van der Waals surface area contributed by atoms with Crippen molar-refractivity contribution >= 4 is 38.2 Å². The largest absolute Gasteiger partial charge is 0.336 e. The van der Waals surface area contributed by atoms with Gasteiger partial charge >= 0.3 is 5.69 Å². The number of fused-ring (bicyclic) bond motifs is 3. The smallest absolute Gasteiger partial charge is 0.302 e. The molecule has 2 aromatic carbocycles. The zero-order valence-electron chi connectivity index (χ0n) is 21.1. The standard InChI is InChI=1S/C27H34N6O2/c1-5-29(6-2)15-17-31-26(34)20-13-14-22-23-24(28-32(22)18-16-30(7-3)8-4)19-11-9-10-12-21(19)33(25(20)23)27(31)35/h9-14H,5-8,15-18H2,1-4H3. The number of hydrogen-bond donors (Lipinski definition) is 0. The summed E-state index contributed by atoms with van der Waals surface area (Å²) in [5.74, 6) is 0. The minimum Gasteiger partial charge on any atom is -0.302 e. The van der Waals surface area contributed by atoms with Crippen LogP contribution in [0.5, 0.6) is 0 Å². The third kappa shape index (κ3) is 3.72. The van der Waals surface area contributed by atoms with Crippen LogP contribution in [0.25, 0.3) is 38.2 Å². The molecule has 0 spiro atoms. The molecule has 184 valence electrons. The van der Waals surface area contributed by atoms with Gasteiger partial charge in [-0.05, 0) is 44.4 Å². The third-order valence-electron chi connectivity index (χ3n) is 7.47. The fraction of sp³-hybridized carbons (Fsp3) is 0.444. The van der Waals surface area contributed by atoms with Crippen molar-refractivity contribution in [3.63, 3.8) is 0 Å². The first-order valence-corrected chi connectivity index (χ1v) is 12.8. The molecule has 0 aliphatic heterocycles. The van der Waals surface area contributed by atoms with Crippen molar-refractivity contribution in [2.45, 2.75) is 40.8 Å². The van der Waals surface area contributed by atoms with Gasteiger partial charge in [0.15, 0.2) is 0 Å². The molecule has 5 aromatic rings. The SMILES string of the molecule is CCN(CC)CCn1c(=O)c2ccc3c4c(nn3CCN(CC)CC)c3ccccc3n(c1=O)c24. The minimum absolute atomic E-state index is 0.225. The second kappa shape index (κ2) is 9.43. The van der Waals surface area contributed by atoms with E-state index in [-0.39, 0.29) is 11.2 Å². The summed E-state index contributed by atoms with van der Waals surface area (Å²) in [6.45, 7) is 14.9. The zero-order valence-corrected chi connectivity index (χ0v) is 21.1. The Morgan fingerprint density at radius 3 is 2.11 bits per heavy atom. The van der Waals surface area contributed by atoms with E-state index in [2.05, 4.69) is 37.5 Å². The second-order valence-electron chi connectivity index (χ2n) is 9.07. The van der Waals surface area contributed by atoms with Crippen molar-refractivity contribution in [2.75, 3.05) is 39.3 Å². The molecule has 3 aromatic heterocycles. The van der Waals surface area contributed by atoms with Gasteiger partial charge in [0.1, 0.15) is 5.52 Å². The lowest BCUT2D eigenvalue weighted by molar-refractivity contribution is 0.287. The molecule has 0 bridgehead atoms. The lowest BCUT2D eigenvalue weighted by Gasteiger charge is -2.19. The molecule has 0 fully saturated rings. The molecule has 35 heavy (non-hydrogen) atoms. The number of nitrogens with zero attached hydrogens (tertiary/aromatic N) is 6. The van der Waals surface area contributed by atoms with Crippen LogP contribution in [0.1, 0.15) is 27.7 Å². The summed E-state index contributed by atoms with van der Waals surface area (Å²) >= 11 is 0. The van der Waals surface area contributed by atoms with Gasteiger partial charge in [-0.15, -0.1) is 0 Å². The zero-order chi connectivity index (χ0) is 24.7. The number of hydrogen-bond acceptors (Lipinski definition) is 5. The van der Waals surface area contributed by atoms with Gasteiger partial charge in [-0.2, -0.15) is 5.10 Å². The van der Waals surface area contributed by atoms with E-state index >= 15 is 0 Å². The Balaban J connectivity index is 1.80. The maximum Gasteiger partial charge on any atom is 0.336 e. The Labute approximate surface area is 204 Å². The number of para-hydroxylation sites is 1. The van der Waals surface area contributed by atoms with Crippen LogP contribution in [-0.4, -0.2) is 67.8 Å². The van der Waals surface area contributed by atoms with Crippen LogP contribution in [0.3, 0.4) is 0 Å². The maximum atomic E-state index is 13.8. The molecule has 0 unspecified atom stereocenters. The summed E-state index contributed by atoms with van der Waals surface area (Å²) in [4.78, 5) is 32.0. The number of benzene rings is 2. The van der Waals surface area contributed by atoms with Gasteiger partial charge in [-0.3, -0.25) is 18.4 Å². The molecule has 0 aliphatic rings. The fourth-order valence-corrected chi connectivity index (χ4v) is 5.31. The predicted octanol–water partition coefficient (Wildman–Crippen LogP) is 3.24. The fourth-order valence-electron chi connectivity index (χ4n) is 5.31. The number of likely N-dealkylation sites (N-methyl/N-ethyl adjacent to an activating group) is 2. The van der Waals surface area contributed by atoms with Crippen LogP contribution in [0.15, 0.2) is 46.0 Å². The number of pyridine rings is 1. The molecule has 0 amide bonds. The van der Waals surface area contributed by atoms with Crippen molar-refractivity contribution in [1.82, 2.24) is 28.5 Å². The van der Waals surface area contributed by atoms with E-state index in [4.69, 9.17) is 5.10 Å². The molecular formula is C27H34N6O2. The van der Waals surface area contributed by atoms with E-state index in [1.807, 2.05) is 41.1 Å². The first kappa shape index (κ1) is 23.5. The number of rotatable bonds is 10. The molecule has 8 heteroatoms. The van der Waals surface area contributed by atoms with Gasteiger partial charge in [0.2, 0.25) is 0 Å². The first-order chi connectivity index (χ1) is 17.0. The van der Waals surface area contributed by atoms with Crippen molar-refractivity contribution in [3.8, 4) is 0 Å². The average Bonchev–Trinajstić information content (AvgIpc) is 3.26. The van der Waals surface area contributed by atoms with Crippen LogP contribution in [-0.2, 0) is 13.1 Å². The highest BCUT2D eigenvalue weighted by molar-refractivity contribution is 6.21. The van der Waals surface area contributed by atoms with Gasteiger partial charge in [0.05, 0.1) is 33.9 Å². The van der Waals surface area contributed by atoms with Crippen molar-refractivity contribution in [1.29, 1.82) is 0 Å². The highest BCUT2D eigenvalue weighted by atomic mass is 16.2. The van der Waals surface area contributed by atoms with E-state index in [0.29, 0.717) is 24.0 Å². The van der Waals surface area contributed by atoms with Crippen LogP contribution < -0.4 is 11.2 Å². The Morgan fingerprint density at radius 1 is 0.771 bits per heavy atom. The molecule has 0 atom stereocenters. The lowest BCUT2D eigenvalue weighted by atomic mass is 10.1. The van der Waals surface area contributed by atoms with E-state index in [0.717, 1.165) is 66.6 Å².